The van der Waals surface area contributed by atoms with E-state index in [1.54, 1.807) is 6.20 Å². The summed E-state index contributed by atoms with van der Waals surface area (Å²) in [6.07, 6.45) is 6.88. The van der Waals surface area contributed by atoms with Crippen LogP contribution in [0, 0.1) is 0 Å². The van der Waals surface area contributed by atoms with Crippen molar-refractivity contribution in [1.29, 1.82) is 0 Å². The monoisotopic (exact) mass is 227 g/mol. The van der Waals surface area contributed by atoms with Crippen molar-refractivity contribution in [3.8, 4) is 5.88 Å². The predicted octanol–water partition coefficient (Wildman–Crippen LogP) is 1.79. The minimum Gasteiger partial charge on any atom is -0.471 e. The average molecular weight is 227 g/mol. The van der Waals surface area contributed by atoms with Crippen LogP contribution in [0.3, 0.4) is 0 Å². The van der Waals surface area contributed by atoms with E-state index in [-0.39, 0.29) is 6.10 Å². The highest BCUT2D eigenvalue weighted by Gasteiger charge is 2.28. The Kier molecular flexibility index (Phi) is 3.53. The first-order chi connectivity index (χ1) is 7.27. The van der Waals surface area contributed by atoms with E-state index in [9.17, 15) is 0 Å². The second kappa shape index (κ2) is 4.90. The molecule has 1 fully saturated rings. The molecule has 0 saturated heterocycles. The molecule has 1 aliphatic carbocycles. The van der Waals surface area contributed by atoms with Gasteiger partial charge in [-0.25, -0.2) is 0 Å². The molecule has 2 atom stereocenters. The Morgan fingerprint density at radius 2 is 2.20 bits per heavy atom. The van der Waals surface area contributed by atoms with Gasteiger partial charge in [-0.15, -0.1) is 4.37 Å². The molecule has 15 heavy (non-hydrogen) atoms. The molecule has 1 heterocycles. The summed E-state index contributed by atoms with van der Waals surface area (Å²) in [6, 6.07) is 0.514. The number of aromatic nitrogens is 2. The number of hydrogen-bond acceptors (Lipinski definition) is 5. The molecule has 5 heteroatoms. The van der Waals surface area contributed by atoms with Crippen LogP contribution in [0.15, 0.2) is 6.20 Å². The van der Waals surface area contributed by atoms with Gasteiger partial charge in [0.05, 0.1) is 11.7 Å². The maximum Gasteiger partial charge on any atom is 0.246 e. The largest absolute Gasteiger partial charge is 0.471 e. The zero-order valence-corrected chi connectivity index (χ0v) is 10.0. The molecule has 0 N–H and O–H groups in total. The van der Waals surface area contributed by atoms with Crippen LogP contribution in [0.4, 0.5) is 0 Å². The van der Waals surface area contributed by atoms with Crippen LogP contribution >= 0.6 is 11.7 Å². The van der Waals surface area contributed by atoms with Crippen LogP contribution in [-0.4, -0.2) is 39.9 Å². The van der Waals surface area contributed by atoms with Crippen LogP contribution < -0.4 is 4.74 Å². The molecule has 1 saturated carbocycles. The standard InChI is InChI=1S/C10H17N3OS/c1-13(2)8-5-3-4-6-9(8)14-10-7-11-15-12-10/h7-9H,3-6H2,1-2H3. The van der Waals surface area contributed by atoms with E-state index in [2.05, 4.69) is 27.7 Å². The molecule has 0 radical (unpaired) electrons. The first kappa shape index (κ1) is 10.8. The van der Waals surface area contributed by atoms with Crippen molar-refractivity contribution in [2.75, 3.05) is 14.1 Å². The Labute approximate surface area is 94.6 Å². The van der Waals surface area contributed by atoms with Crippen molar-refractivity contribution < 1.29 is 4.74 Å². The fraction of sp³-hybridized carbons (Fsp3) is 0.800. The van der Waals surface area contributed by atoms with Gasteiger partial charge in [0.2, 0.25) is 5.88 Å². The average Bonchev–Trinajstić information content (AvgIpc) is 2.71. The quantitative estimate of drug-likeness (QED) is 0.789. The highest BCUT2D eigenvalue weighted by molar-refractivity contribution is 6.99. The first-order valence-corrected chi connectivity index (χ1v) is 6.11. The third-order valence-corrected chi connectivity index (χ3v) is 3.41. The van der Waals surface area contributed by atoms with Crippen LogP contribution in [0.2, 0.25) is 0 Å². The molecule has 0 spiro atoms. The van der Waals surface area contributed by atoms with Crippen molar-refractivity contribution in [1.82, 2.24) is 13.6 Å². The first-order valence-electron chi connectivity index (χ1n) is 5.38. The summed E-state index contributed by atoms with van der Waals surface area (Å²) in [7, 11) is 4.23. The summed E-state index contributed by atoms with van der Waals surface area (Å²) >= 11 is 1.20. The fourth-order valence-electron chi connectivity index (χ4n) is 2.17. The Hall–Kier alpha value is -0.680. The van der Waals surface area contributed by atoms with Crippen LogP contribution in [0.25, 0.3) is 0 Å². The number of rotatable bonds is 3. The van der Waals surface area contributed by atoms with Gasteiger partial charge in [-0.2, -0.15) is 4.37 Å². The second-order valence-corrected chi connectivity index (χ2v) is 4.77. The summed E-state index contributed by atoms with van der Waals surface area (Å²) < 4.78 is 13.9. The van der Waals surface area contributed by atoms with E-state index in [0.717, 1.165) is 6.42 Å². The molecule has 4 nitrogen and oxygen atoms in total. The summed E-state index contributed by atoms with van der Waals surface area (Å²) in [4.78, 5) is 2.25. The van der Waals surface area contributed by atoms with E-state index in [1.165, 1.54) is 31.0 Å². The minimum atomic E-state index is 0.276. The van der Waals surface area contributed by atoms with Crippen LogP contribution in [0.5, 0.6) is 5.88 Å². The third-order valence-electron chi connectivity index (χ3n) is 2.94. The summed E-state index contributed by atoms with van der Waals surface area (Å²) in [5.74, 6) is 0.679. The molecular weight excluding hydrogens is 210 g/mol. The van der Waals surface area contributed by atoms with Crippen molar-refractivity contribution in [2.45, 2.75) is 37.8 Å². The maximum atomic E-state index is 5.86. The van der Waals surface area contributed by atoms with Gasteiger partial charge in [0, 0.05) is 6.04 Å². The van der Waals surface area contributed by atoms with Gasteiger partial charge in [0.25, 0.3) is 0 Å². The van der Waals surface area contributed by atoms with Gasteiger partial charge in [0.1, 0.15) is 12.3 Å². The van der Waals surface area contributed by atoms with Crippen LogP contribution in [-0.2, 0) is 0 Å². The maximum absolute atomic E-state index is 5.86. The summed E-state index contributed by atoms with van der Waals surface area (Å²) in [5, 5.41) is 0. The Bertz CT molecular complexity index is 289. The number of hydrogen-bond donors (Lipinski definition) is 0. The Morgan fingerprint density at radius 1 is 1.40 bits per heavy atom. The molecule has 2 rings (SSSR count). The Balaban J connectivity index is 1.99. The van der Waals surface area contributed by atoms with Gasteiger partial charge in [-0.3, -0.25) is 0 Å². The highest BCUT2D eigenvalue weighted by Crippen LogP contribution is 2.25. The third kappa shape index (κ3) is 2.66. The SMILES string of the molecule is CN(C)C1CCCCC1Oc1cnsn1. The van der Waals surface area contributed by atoms with Crippen molar-refractivity contribution in [3.05, 3.63) is 6.20 Å². The van der Waals surface area contributed by atoms with Gasteiger partial charge >= 0.3 is 0 Å². The van der Waals surface area contributed by atoms with Crippen LogP contribution in [0.1, 0.15) is 25.7 Å². The van der Waals surface area contributed by atoms with E-state index in [0.29, 0.717) is 11.9 Å². The van der Waals surface area contributed by atoms with E-state index < -0.39 is 0 Å². The molecular formula is C10H17N3OS. The van der Waals surface area contributed by atoms with E-state index in [4.69, 9.17) is 4.74 Å². The Morgan fingerprint density at radius 3 is 2.87 bits per heavy atom. The summed E-state index contributed by atoms with van der Waals surface area (Å²) in [6.45, 7) is 0. The molecule has 0 bridgehead atoms. The van der Waals surface area contributed by atoms with Gasteiger partial charge in [0.15, 0.2) is 0 Å². The smallest absolute Gasteiger partial charge is 0.246 e. The second-order valence-electron chi connectivity index (χ2n) is 4.22. The molecule has 0 amide bonds. The molecule has 1 aliphatic rings. The molecule has 0 aromatic carbocycles. The van der Waals surface area contributed by atoms with Crippen molar-refractivity contribution in [3.63, 3.8) is 0 Å². The van der Waals surface area contributed by atoms with Gasteiger partial charge < -0.3 is 9.64 Å². The zero-order valence-electron chi connectivity index (χ0n) is 9.22. The lowest BCUT2D eigenvalue weighted by Gasteiger charge is -2.35. The lowest BCUT2D eigenvalue weighted by atomic mass is 9.92. The minimum absolute atomic E-state index is 0.276. The number of ether oxygens (including phenoxy) is 1. The fourth-order valence-corrected chi connectivity index (χ4v) is 2.52. The van der Waals surface area contributed by atoms with E-state index >= 15 is 0 Å². The normalized spacial score (nSPS) is 26.9. The highest BCUT2D eigenvalue weighted by atomic mass is 32.1. The molecule has 1 aromatic heterocycles. The molecule has 0 aliphatic heterocycles. The molecule has 84 valence electrons. The number of nitrogens with zero attached hydrogens (tertiary/aromatic N) is 3. The topological polar surface area (TPSA) is 38.2 Å². The van der Waals surface area contributed by atoms with Crippen molar-refractivity contribution in [2.24, 2.45) is 0 Å². The molecule has 2 unspecified atom stereocenters. The van der Waals surface area contributed by atoms with Gasteiger partial charge in [-0.1, -0.05) is 6.42 Å². The lowest BCUT2D eigenvalue weighted by molar-refractivity contribution is 0.0595. The van der Waals surface area contributed by atoms with Gasteiger partial charge in [-0.05, 0) is 33.4 Å². The summed E-state index contributed by atoms with van der Waals surface area (Å²) in [5.41, 5.74) is 0. The lowest BCUT2D eigenvalue weighted by Crippen LogP contribution is -2.44. The number of likely N-dealkylation sites (N-methyl/N-ethyl adjacent to an activating group) is 1. The zero-order chi connectivity index (χ0) is 10.7. The predicted molar refractivity (Wildman–Crippen MR) is 60.3 cm³/mol. The molecule has 1 aromatic rings. The van der Waals surface area contributed by atoms with E-state index in [1.807, 2.05) is 0 Å². The van der Waals surface area contributed by atoms with Crippen molar-refractivity contribution >= 4 is 11.7 Å².